The summed E-state index contributed by atoms with van der Waals surface area (Å²) in [6, 6.07) is 1.53. The number of halogens is 1. The van der Waals surface area contributed by atoms with Crippen molar-refractivity contribution >= 4 is 34.7 Å². The van der Waals surface area contributed by atoms with Gasteiger partial charge in [0.2, 0.25) is 5.28 Å². The van der Waals surface area contributed by atoms with E-state index >= 15 is 0 Å². The maximum Gasteiger partial charge on any atom is 0.407 e. The number of amides is 1. The number of carbonyl (C=O) groups excluding carboxylic acids is 1. The van der Waals surface area contributed by atoms with Crippen molar-refractivity contribution in [2.75, 3.05) is 6.54 Å². The number of carbonyl (C=O) groups is 2. The van der Waals surface area contributed by atoms with Crippen LogP contribution in [0.3, 0.4) is 0 Å². The molecule has 1 atom stereocenters. The first-order valence-corrected chi connectivity index (χ1v) is 8.66. The topological polar surface area (TPSA) is 106 Å². The lowest BCUT2D eigenvalue weighted by molar-refractivity contribution is 0.0524. The molecule has 0 radical (unpaired) electrons. The first-order chi connectivity index (χ1) is 12.1. The third-order valence-corrected chi connectivity index (χ3v) is 3.81. The van der Waals surface area contributed by atoms with Crippen molar-refractivity contribution in [1.82, 2.24) is 19.9 Å². The molecule has 0 saturated carbocycles. The van der Waals surface area contributed by atoms with Gasteiger partial charge in [-0.2, -0.15) is 4.98 Å². The smallest absolute Gasteiger partial charge is 0.407 e. The molecule has 1 amide bonds. The number of ether oxygens (including phenoxy) is 1. The van der Waals surface area contributed by atoms with Crippen LogP contribution in [0.25, 0.3) is 11.0 Å². The quantitative estimate of drug-likeness (QED) is 0.742. The zero-order valence-corrected chi connectivity index (χ0v) is 16.0. The summed E-state index contributed by atoms with van der Waals surface area (Å²) in [5.41, 5.74) is 0.0626. The van der Waals surface area contributed by atoms with E-state index in [-0.39, 0.29) is 16.9 Å². The zero-order chi connectivity index (χ0) is 19.5. The van der Waals surface area contributed by atoms with Gasteiger partial charge in [0.05, 0.1) is 0 Å². The zero-order valence-electron chi connectivity index (χ0n) is 15.2. The minimum Gasteiger partial charge on any atom is -0.477 e. The molecule has 9 heteroatoms. The molecule has 8 nitrogen and oxygen atoms in total. The van der Waals surface area contributed by atoms with Gasteiger partial charge in [-0.1, -0.05) is 6.92 Å². The van der Waals surface area contributed by atoms with Crippen molar-refractivity contribution in [3.63, 3.8) is 0 Å². The molecule has 0 aliphatic rings. The average molecular weight is 383 g/mol. The van der Waals surface area contributed by atoms with Gasteiger partial charge in [0, 0.05) is 24.7 Å². The van der Waals surface area contributed by atoms with E-state index in [0.717, 1.165) is 0 Å². The fourth-order valence-corrected chi connectivity index (χ4v) is 2.65. The second kappa shape index (κ2) is 7.90. The predicted molar refractivity (Wildman–Crippen MR) is 97.5 cm³/mol. The van der Waals surface area contributed by atoms with Crippen LogP contribution < -0.4 is 5.32 Å². The summed E-state index contributed by atoms with van der Waals surface area (Å²) in [6.07, 6.45) is 1.68. The Morgan fingerprint density at radius 3 is 2.73 bits per heavy atom. The maximum absolute atomic E-state index is 11.7. The van der Waals surface area contributed by atoms with Crippen molar-refractivity contribution in [3.05, 3.63) is 23.2 Å². The number of aromatic carboxylic acids is 1. The van der Waals surface area contributed by atoms with E-state index < -0.39 is 17.7 Å². The monoisotopic (exact) mass is 382 g/mol. The van der Waals surface area contributed by atoms with E-state index in [1.54, 1.807) is 25.3 Å². The molecule has 2 aromatic heterocycles. The lowest BCUT2D eigenvalue weighted by Gasteiger charge is -2.20. The van der Waals surface area contributed by atoms with Gasteiger partial charge >= 0.3 is 12.1 Å². The summed E-state index contributed by atoms with van der Waals surface area (Å²) in [6.45, 7) is 8.21. The highest BCUT2D eigenvalue weighted by Crippen LogP contribution is 2.21. The Kier molecular flexibility index (Phi) is 6.07. The van der Waals surface area contributed by atoms with E-state index in [9.17, 15) is 14.7 Å². The molecule has 0 spiro atoms. The SMILES string of the molecule is CC(CCNC(=O)OC(C)(C)C)Cn1c(C(=O)O)cc2cnc(Cl)nc21. The van der Waals surface area contributed by atoms with Gasteiger partial charge in [-0.25, -0.2) is 14.6 Å². The van der Waals surface area contributed by atoms with Crippen LogP contribution in [-0.4, -0.2) is 43.8 Å². The van der Waals surface area contributed by atoms with Crippen molar-refractivity contribution in [3.8, 4) is 0 Å². The Labute approximate surface area is 156 Å². The van der Waals surface area contributed by atoms with Gasteiger partial charge in [-0.05, 0) is 50.8 Å². The molecule has 2 aromatic rings. The number of carboxylic acid groups (broad SMARTS) is 1. The number of alkyl carbamates (subject to hydrolysis) is 1. The molecule has 2 heterocycles. The molecule has 0 fully saturated rings. The lowest BCUT2D eigenvalue weighted by Crippen LogP contribution is -2.33. The van der Waals surface area contributed by atoms with E-state index in [1.807, 2.05) is 6.92 Å². The first-order valence-electron chi connectivity index (χ1n) is 8.28. The average Bonchev–Trinajstić information content (AvgIpc) is 2.83. The van der Waals surface area contributed by atoms with Crippen molar-refractivity contribution in [1.29, 1.82) is 0 Å². The van der Waals surface area contributed by atoms with Crippen LogP contribution in [0, 0.1) is 5.92 Å². The number of rotatable bonds is 6. The van der Waals surface area contributed by atoms with E-state index in [2.05, 4.69) is 15.3 Å². The third-order valence-electron chi connectivity index (χ3n) is 3.62. The van der Waals surface area contributed by atoms with Crippen LogP contribution in [0.5, 0.6) is 0 Å². The highest BCUT2D eigenvalue weighted by molar-refractivity contribution is 6.28. The molecule has 0 aliphatic heterocycles. The number of aromatic nitrogens is 3. The number of hydrogen-bond acceptors (Lipinski definition) is 5. The Morgan fingerprint density at radius 2 is 2.12 bits per heavy atom. The Balaban J connectivity index is 2.03. The van der Waals surface area contributed by atoms with Crippen molar-refractivity contribution in [2.45, 2.75) is 46.3 Å². The minimum atomic E-state index is -1.04. The fraction of sp³-hybridized carbons (Fsp3) is 0.529. The summed E-state index contributed by atoms with van der Waals surface area (Å²) in [5, 5.41) is 12.8. The molecule has 0 aromatic carbocycles. The predicted octanol–water partition coefficient (Wildman–Crippen LogP) is 3.33. The highest BCUT2D eigenvalue weighted by atomic mass is 35.5. The molecule has 0 aliphatic carbocycles. The van der Waals surface area contributed by atoms with Crippen LogP contribution in [0.1, 0.15) is 44.6 Å². The number of fused-ring (bicyclic) bond motifs is 1. The van der Waals surface area contributed by atoms with Crippen LogP contribution in [0.4, 0.5) is 4.79 Å². The van der Waals surface area contributed by atoms with Gasteiger partial charge < -0.3 is 19.7 Å². The number of carboxylic acids is 1. The van der Waals surface area contributed by atoms with Crippen LogP contribution in [-0.2, 0) is 11.3 Å². The van der Waals surface area contributed by atoms with Crippen LogP contribution in [0.2, 0.25) is 5.28 Å². The van der Waals surface area contributed by atoms with Gasteiger partial charge in [-0.15, -0.1) is 0 Å². The molecule has 0 saturated heterocycles. The molecule has 26 heavy (non-hydrogen) atoms. The largest absolute Gasteiger partial charge is 0.477 e. The minimum absolute atomic E-state index is 0.0630. The Morgan fingerprint density at radius 1 is 1.42 bits per heavy atom. The number of nitrogens with one attached hydrogen (secondary N) is 1. The Hall–Kier alpha value is -2.35. The van der Waals surface area contributed by atoms with Gasteiger partial charge in [0.1, 0.15) is 16.9 Å². The summed E-state index contributed by atoms with van der Waals surface area (Å²) < 4.78 is 6.80. The number of hydrogen-bond donors (Lipinski definition) is 2. The van der Waals surface area contributed by atoms with Crippen LogP contribution >= 0.6 is 11.6 Å². The second-order valence-corrected chi connectivity index (χ2v) is 7.52. The van der Waals surface area contributed by atoms with Crippen molar-refractivity contribution < 1.29 is 19.4 Å². The lowest BCUT2D eigenvalue weighted by atomic mass is 10.1. The molecule has 2 rings (SSSR count). The fourth-order valence-electron chi connectivity index (χ4n) is 2.52. The van der Waals surface area contributed by atoms with E-state index in [0.29, 0.717) is 30.5 Å². The normalized spacial score (nSPS) is 12.8. The maximum atomic E-state index is 11.7. The van der Waals surface area contributed by atoms with Gasteiger partial charge in [-0.3, -0.25) is 0 Å². The molecule has 0 bridgehead atoms. The van der Waals surface area contributed by atoms with Crippen LogP contribution in [0.15, 0.2) is 12.3 Å². The standard InChI is InChI=1S/C17H23ClN4O4/c1-10(5-6-19-16(25)26-17(2,3)4)9-22-12(14(23)24)7-11-8-20-15(18)21-13(11)22/h7-8,10H,5-6,9H2,1-4H3,(H,19,25)(H,23,24). The van der Waals surface area contributed by atoms with E-state index in [4.69, 9.17) is 16.3 Å². The molecular formula is C17H23ClN4O4. The number of nitrogens with zero attached hydrogens (tertiary/aromatic N) is 3. The highest BCUT2D eigenvalue weighted by Gasteiger charge is 2.19. The third kappa shape index (κ3) is 5.32. The summed E-state index contributed by atoms with van der Waals surface area (Å²) in [4.78, 5) is 31.2. The Bertz CT molecular complexity index is 813. The van der Waals surface area contributed by atoms with Crippen molar-refractivity contribution in [2.24, 2.45) is 5.92 Å². The summed E-state index contributed by atoms with van der Waals surface area (Å²) in [7, 11) is 0. The molecule has 1 unspecified atom stereocenters. The molecular weight excluding hydrogens is 360 g/mol. The van der Waals surface area contributed by atoms with Gasteiger partial charge in [0.15, 0.2) is 0 Å². The summed E-state index contributed by atoms with van der Waals surface area (Å²) >= 11 is 5.84. The molecule has 2 N–H and O–H groups in total. The first kappa shape index (κ1) is 20.0. The second-order valence-electron chi connectivity index (χ2n) is 7.19. The summed E-state index contributed by atoms with van der Waals surface area (Å²) in [5.74, 6) is -0.953. The van der Waals surface area contributed by atoms with E-state index in [1.165, 1.54) is 12.3 Å². The molecule has 142 valence electrons. The van der Waals surface area contributed by atoms with Gasteiger partial charge in [0.25, 0.3) is 0 Å².